The molecular weight excluding hydrogens is 332 g/mol. The lowest BCUT2D eigenvalue weighted by Crippen LogP contribution is -2.45. The van der Waals surface area contributed by atoms with Gasteiger partial charge in [0, 0.05) is 29.5 Å². The molecule has 21 heavy (non-hydrogen) atoms. The fourth-order valence-electron chi connectivity index (χ4n) is 2.65. The number of rotatable bonds is 4. The van der Waals surface area contributed by atoms with Crippen LogP contribution >= 0.6 is 15.9 Å². The molecule has 0 spiro atoms. The van der Waals surface area contributed by atoms with E-state index in [9.17, 15) is 0 Å². The van der Waals surface area contributed by atoms with Crippen LogP contribution < -0.4 is 5.32 Å². The highest BCUT2D eigenvalue weighted by atomic mass is 79.9. The predicted octanol–water partition coefficient (Wildman–Crippen LogP) is 3.18. The molecule has 1 N–H and O–H groups in total. The van der Waals surface area contributed by atoms with Crippen molar-refractivity contribution in [3.05, 3.63) is 34.5 Å². The molecule has 1 aliphatic heterocycles. The first kappa shape index (κ1) is 15.0. The minimum atomic E-state index is 0.173. The number of halogens is 1. The topological polar surface area (TPSA) is 37.6 Å². The summed E-state index contributed by atoms with van der Waals surface area (Å²) in [7, 11) is 2.13. The first-order chi connectivity index (χ1) is 10.1. The number of morpholine rings is 1. The molecule has 1 aromatic carbocycles. The van der Waals surface area contributed by atoms with Gasteiger partial charge in [-0.25, -0.2) is 0 Å². The summed E-state index contributed by atoms with van der Waals surface area (Å²) < 4.78 is 12.8. The van der Waals surface area contributed by atoms with Gasteiger partial charge in [0.2, 0.25) is 0 Å². The SMILES string of the molecule is CC(NCC1CN(C)CCO1)c1cc2cc(Br)ccc2o1. The first-order valence-electron chi connectivity index (χ1n) is 7.34. The van der Waals surface area contributed by atoms with E-state index < -0.39 is 0 Å². The molecule has 0 aliphatic carbocycles. The summed E-state index contributed by atoms with van der Waals surface area (Å²) in [5, 5.41) is 4.63. The van der Waals surface area contributed by atoms with Crippen LogP contribution in [0.3, 0.4) is 0 Å². The standard InChI is InChI=1S/C16H21BrN2O2/c1-11(18-9-14-10-19(2)5-6-20-14)16-8-12-7-13(17)3-4-15(12)21-16/h3-4,7-8,11,14,18H,5-6,9-10H2,1-2H3. The fraction of sp³-hybridized carbons (Fsp3) is 0.500. The highest BCUT2D eigenvalue weighted by molar-refractivity contribution is 9.10. The monoisotopic (exact) mass is 352 g/mol. The minimum Gasteiger partial charge on any atom is -0.459 e. The molecule has 0 bridgehead atoms. The van der Waals surface area contributed by atoms with Crippen molar-refractivity contribution in [1.29, 1.82) is 0 Å². The Balaban J connectivity index is 1.62. The van der Waals surface area contributed by atoms with Crippen molar-refractivity contribution >= 4 is 26.9 Å². The minimum absolute atomic E-state index is 0.173. The van der Waals surface area contributed by atoms with Crippen LogP contribution in [0.25, 0.3) is 11.0 Å². The Kier molecular flexibility index (Phi) is 4.64. The number of furan rings is 1. The van der Waals surface area contributed by atoms with E-state index in [0.29, 0.717) is 0 Å². The molecule has 1 fully saturated rings. The summed E-state index contributed by atoms with van der Waals surface area (Å²) >= 11 is 3.49. The van der Waals surface area contributed by atoms with Crippen molar-refractivity contribution in [3.63, 3.8) is 0 Å². The molecule has 3 rings (SSSR count). The van der Waals surface area contributed by atoms with E-state index in [1.165, 1.54) is 0 Å². The van der Waals surface area contributed by atoms with Crippen LogP contribution in [-0.2, 0) is 4.74 Å². The van der Waals surface area contributed by atoms with Crippen LogP contribution in [0.5, 0.6) is 0 Å². The summed E-state index contributed by atoms with van der Waals surface area (Å²) in [4.78, 5) is 2.30. The molecule has 4 nitrogen and oxygen atoms in total. The van der Waals surface area contributed by atoms with E-state index in [-0.39, 0.29) is 12.1 Å². The van der Waals surface area contributed by atoms with Gasteiger partial charge in [0.05, 0.1) is 18.8 Å². The molecule has 5 heteroatoms. The maximum absolute atomic E-state index is 5.91. The molecule has 1 aliphatic rings. The Morgan fingerprint density at radius 3 is 3.10 bits per heavy atom. The van der Waals surface area contributed by atoms with Crippen molar-refractivity contribution in [2.45, 2.75) is 19.1 Å². The second-order valence-corrected chi connectivity index (χ2v) is 6.63. The first-order valence-corrected chi connectivity index (χ1v) is 8.13. The highest BCUT2D eigenvalue weighted by Crippen LogP contribution is 2.26. The zero-order valence-electron chi connectivity index (χ0n) is 12.4. The maximum Gasteiger partial charge on any atom is 0.134 e. The molecule has 0 amide bonds. The van der Waals surface area contributed by atoms with Gasteiger partial charge in [-0.2, -0.15) is 0 Å². The van der Waals surface area contributed by atoms with Crippen molar-refractivity contribution in [2.24, 2.45) is 0 Å². The Morgan fingerprint density at radius 2 is 2.29 bits per heavy atom. The Labute approximate surface area is 133 Å². The van der Waals surface area contributed by atoms with Gasteiger partial charge in [0.1, 0.15) is 11.3 Å². The summed E-state index contributed by atoms with van der Waals surface area (Å²) in [5.41, 5.74) is 0.926. The van der Waals surface area contributed by atoms with Crippen LogP contribution in [-0.4, -0.2) is 44.3 Å². The zero-order chi connectivity index (χ0) is 14.8. The van der Waals surface area contributed by atoms with E-state index in [1.807, 2.05) is 12.1 Å². The van der Waals surface area contributed by atoms with Gasteiger partial charge in [0.15, 0.2) is 0 Å². The number of ether oxygens (including phenoxy) is 1. The van der Waals surface area contributed by atoms with E-state index >= 15 is 0 Å². The second-order valence-electron chi connectivity index (χ2n) is 5.72. The Morgan fingerprint density at radius 1 is 1.43 bits per heavy atom. The Bertz CT molecular complexity index is 613. The molecule has 2 atom stereocenters. The summed E-state index contributed by atoms with van der Waals surface area (Å²) in [6, 6.07) is 8.35. The van der Waals surface area contributed by atoms with E-state index in [4.69, 9.17) is 9.15 Å². The van der Waals surface area contributed by atoms with E-state index in [2.05, 4.69) is 52.3 Å². The third-order valence-electron chi connectivity index (χ3n) is 3.92. The average molecular weight is 353 g/mol. The zero-order valence-corrected chi connectivity index (χ0v) is 14.0. The van der Waals surface area contributed by atoms with Crippen molar-refractivity contribution in [3.8, 4) is 0 Å². The normalized spacial score (nSPS) is 21.8. The number of benzene rings is 1. The number of hydrogen-bond acceptors (Lipinski definition) is 4. The van der Waals surface area contributed by atoms with Crippen molar-refractivity contribution in [1.82, 2.24) is 10.2 Å². The largest absolute Gasteiger partial charge is 0.459 e. The van der Waals surface area contributed by atoms with Gasteiger partial charge in [-0.3, -0.25) is 0 Å². The third kappa shape index (κ3) is 3.66. The van der Waals surface area contributed by atoms with Gasteiger partial charge < -0.3 is 19.4 Å². The van der Waals surface area contributed by atoms with Crippen LogP contribution in [0.2, 0.25) is 0 Å². The third-order valence-corrected chi connectivity index (χ3v) is 4.41. The quantitative estimate of drug-likeness (QED) is 0.916. The van der Waals surface area contributed by atoms with Gasteiger partial charge >= 0.3 is 0 Å². The molecule has 2 heterocycles. The number of nitrogens with one attached hydrogen (secondary N) is 1. The van der Waals surface area contributed by atoms with Crippen LogP contribution in [0.1, 0.15) is 18.7 Å². The second kappa shape index (κ2) is 6.48. The van der Waals surface area contributed by atoms with Gasteiger partial charge in [-0.1, -0.05) is 15.9 Å². The molecule has 1 aromatic heterocycles. The Hall–Kier alpha value is -0.880. The molecule has 0 radical (unpaired) electrons. The molecular formula is C16H21BrN2O2. The number of fused-ring (bicyclic) bond motifs is 1. The summed E-state index contributed by atoms with van der Waals surface area (Å²) in [6.45, 7) is 5.78. The smallest absolute Gasteiger partial charge is 0.134 e. The molecule has 0 saturated carbocycles. The molecule has 1 saturated heterocycles. The van der Waals surface area contributed by atoms with Crippen LogP contribution in [0.4, 0.5) is 0 Å². The highest BCUT2D eigenvalue weighted by Gasteiger charge is 2.19. The fourth-order valence-corrected chi connectivity index (χ4v) is 3.03. The molecule has 2 aromatic rings. The summed E-state index contributed by atoms with van der Waals surface area (Å²) in [5.74, 6) is 0.965. The lowest BCUT2D eigenvalue weighted by molar-refractivity contribution is -0.0193. The van der Waals surface area contributed by atoms with Crippen molar-refractivity contribution < 1.29 is 9.15 Å². The van der Waals surface area contributed by atoms with E-state index in [1.54, 1.807) is 0 Å². The number of nitrogens with zero attached hydrogens (tertiary/aromatic N) is 1. The number of hydrogen-bond donors (Lipinski definition) is 1. The molecule has 2 unspecified atom stereocenters. The summed E-state index contributed by atoms with van der Waals surface area (Å²) in [6.07, 6.45) is 0.254. The van der Waals surface area contributed by atoms with Crippen LogP contribution in [0.15, 0.2) is 33.2 Å². The van der Waals surface area contributed by atoms with Gasteiger partial charge in [0.25, 0.3) is 0 Å². The van der Waals surface area contributed by atoms with Gasteiger partial charge in [-0.15, -0.1) is 0 Å². The molecule has 114 valence electrons. The average Bonchev–Trinajstić information content (AvgIpc) is 2.88. The van der Waals surface area contributed by atoms with Crippen LogP contribution in [0, 0.1) is 0 Å². The lowest BCUT2D eigenvalue weighted by atomic mass is 10.2. The lowest BCUT2D eigenvalue weighted by Gasteiger charge is -2.30. The predicted molar refractivity (Wildman–Crippen MR) is 87.6 cm³/mol. The number of likely N-dealkylation sites (N-methyl/N-ethyl adjacent to an activating group) is 1. The van der Waals surface area contributed by atoms with E-state index in [0.717, 1.165) is 47.4 Å². The van der Waals surface area contributed by atoms with Gasteiger partial charge in [-0.05, 0) is 38.2 Å². The maximum atomic E-state index is 5.91. The van der Waals surface area contributed by atoms with Crippen molar-refractivity contribution in [2.75, 3.05) is 33.3 Å².